The lowest BCUT2D eigenvalue weighted by Gasteiger charge is -2.22. The van der Waals surface area contributed by atoms with E-state index in [-0.39, 0.29) is 0 Å². The molecule has 5 nitrogen and oxygen atoms in total. The molecule has 0 aromatic carbocycles. The van der Waals surface area contributed by atoms with E-state index in [0.29, 0.717) is 12.6 Å². The molecule has 1 aromatic rings. The summed E-state index contributed by atoms with van der Waals surface area (Å²) >= 11 is 0. The SMILES string of the molecule is CN(C)C(=NCc1ccnc(OC2CCCC2)c1)N(C)C. The van der Waals surface area contributed by atoms with Crippen molar-refractivity contribution in [2.75, 3.05) is 28.2 Å². The van der Waals surface area contributed by atoms with Crippen LogP contribution in [0.1, 0.15) is 31.2 Å². The van der Waals surface area contributed by atoms with Crippen LogP contribution < -0.4 is 4.74 Å². The zero-order chi connectivity index (χ0) is 15.2. The smallest absolute Gasteiger partial charge is 0.213 e. The fourth-order valence-corrected chi connectivity index (χ4v) is 2.64. The fourth-order valence-electron chi connectivity index (χ4n) is 2.64. The Morgan fingerprint density at radius 3 is 2.52 bits per heavy atom. The second-order valence-electron chi connectivity index (χ2n) is 5.93. The van der Waals surface area contributed by atoms with Gasteiger partial charge in [0.2, 0.25) is 5.88 Å². The molecule has 0 unspecified atom stereocenters. The minimum absolute atomic E-state index is 0.343. The van der Waals surface area contributed by atoms with Gasteiger partial charge in [0.15, 0.2) is 5.96 Å². The van der Waals surface area contributed by atoms with E-state index in [0.717, 1.165) is 30.2 Å². The molecule has 1 aliphatic rings. The van der Waals surface area contributed by atoms with Crippen molar-refractivity contribution in [3.8, 4) is 5.88 Å². The number of nitrogens with zero attached hydrogens (tertiary/aromatic N) is 4. The van der Waals surface area contributed by atoms with Crippen LogP contribution in [0, 0.1) is 0 Å². The molecule has 1 heterocycles. The van der Waals surface area contributed by atoms with Crippen LogP contribution in [-0.2, 0) is 6.54 Å². The van der Waals surface area contributed by atoms with Crippen molar-refractivity contribution in [1.29, 1.82) is 0 Å². The second-order valence-corrected chi connectivity index (χ2v) is 5.93. The predicted molar refractivity (Wildman–Crippen MR) is 85.6 cm³/mol. The van der Waals surface area contributed by atoms with Gasteiger partial charge in [0.25, 0.3) is 0 Å². The van der Waals surface area contributed by atoms with Gasteiger partial charge in [-0.15, -0.1) is 0 Å². The minimum Gasteiger partial charge on any atom is -0.474 e. The molecule has 1 aromatic heterocycles. The normalized spacial score (nSPS) is 14.9. The average molecular weight is 290 g/mol. The Bertz CT molecular complexity index is 469. The summed E-state index contributed by atoms with van der Waals surface area (Å²) in [6.45, 7) is 0.634. The Morgan fingerprint density at radius 1 is 1.24 bits per heavy atom. The molecule has 0 spiro atoms. The van der Waals surface area contributed by atoms with Gasteiger partial charge in [0.1, 0.15) is 6.10 Å². The van der Waals surface area contributed by atoms with Crippen molar-refractivity contribution < 1.29 is 4.74 Å². The van der Waals surface area contributed by atoms with Crippen LogP contribution in [0.4, 0.5) is 0 Å². The molecule has 0 saturated heterocycles. The van der Waals surface area contributed by atoms with Crippen LogP contribution >= 0.6 is 0 Å². The molecule has 0 N–H and O–H groups in total. The van der Waals surface area contributed by atoms with Crippen molar-refractivity contribution in [3.63, 3.8) is 0 Å². The number of aromatic nitrogens is 1. The standard InChI is InChI=1S/C16H26N4O/c1-19(2)16(20(3)4)18-12-13-9-10-17-15(11-13)21-14-7-5-6-8-14/h9-11,14H,5-8,12H2,1-4H3. The first kappa shape index (κ1) is 15.6. The Morgan fingerprint density at radius 2 is 1.90 bits per heavy atom. The maximum Gasteiger partial charge on any atom is 0.213 e. The molecule has 116 valence electrons. The molecule has 0 radical (unpaired) electrons. The topological polar surface area (TPSA) is 41.0 Å². The summed E-state index contributed by atoms with van der Waals surface area (Å²) in [7, 11) is 8.00. The largest absolute Gasteiger partial charge is 0.474 e. The molecular weight excluding hydrogens is 264 g/mol. The van der Waals surface area contributed by atoms with Gasteiger partial charge < -0.3 is 14.5 Å². The monoisotopic (exact) mass is 290 g/mol. The van der Waals surface area contributed by atoms with Gasteiger partial charge in [-0.2, -0.15) is 0 Å². The molecule has 21 heavy (non-hydrogen) atoms. The molecule has 0 amide bonds. The van der Waals surface area contributed by atoms with E-state index in [4.69, 9.17) is 4.74 Å². The van der Waals surface area contributed by atoms with Gasteiger partial charge in [0, 0.05) is 40.5 Å². The lowest BCUT2D eigenvalue weighted by Crippen LogP contribution is -2.35. The van der Waals surface area contributed by atoms with Gasteiger partial charge in [-0.3, -0.25) is 0 Å². The first-order chi connectivity index (χ1) is 10.1. The molecule has 0 aliphatic heterocycles. The molecule has 1 aliphatic carbocycles. The number of guanidine groups is 1. The summed E-state index contributed by atoms with van der Waals surface area (Å²) in [5, 5.41) is 0. The minimum atomic E-state index is 0.343. The van der Waals surface area contributed by atoms with Gasteiger partial charge in [0.05, 0.1) is 6.54 Å². The highest BCUT2D eigenvalue weighted by molar-refractivity contribution is 5.79. The van der Waals surface area contributed by atoms with Crippen LogP contribution in [0.2, 0.25) is 0 Å². The quantitative estimate of drug-likeness (QED) is 0.630. The van der Waals surface area contributed by atoms with E-state index in [9.17, 15) is 0 Å². The summed E-state index contributed by atoms with van der Waals surface area (Å²) in [4.78, 5) is 13.0. The van der Waals surface area contributed by atoms with E-state index in [1.165, 1.54) is 12.8 Å². The number of pyridine rings is 1. The highest BCUT2D eigenvalue weighted by Crippen LogP contribution is 2.23. The van der Waals surface area contributed by atoms with Crippen molar-refractivity contribution >= 4 is 5.96 Å². The average Bonchev–Trinajstić information content (AvgIpc) is 2.91. The highest BCUT2D eigenvalue weighted by atomic mass is 16.5. The van der Waals surface area contributed by atoms with Gasteiger partial charge in [-0.1, -0.05) is 0 Å². The number of hydrogen-bond donors (Lipinski definition) is 0. The van der Waals surface area contributed by atoms with Crippen LogP contribution in [0.5, 0.6) is 5.88 Å². The summed E-state index contributed by atoms with van der Waals surface area (Å²) in [6, 6.07) is 4.00. The third-order valence-corrected chi connectivity index (χ3v) is 3.59. The van der Waals surface area contributed by atoms with Crippen LogP contribution in [-0.4, -0.2) is 55.0 Å². The maximum atomic E-state index is 5.94. The fraction of sp³-hybridized carbons (Fsp3) is 0.625. The van der Waals surface area contributed by atoms with Crippen molar-refractivity contribution in [2.24, 2.45) is 4.99 Å². The Balaban J connectivity index is 2.01. The summed E-state index contributed by atoms with van der Waals surface area (Å²) < 4.78 is 5.94. The zero-order valence-electron chi connectivity index (χ0n) is 13.5. The summed E-state index contributed by atoms with van der Waals surface area (Å²) in [6.07, 6.45) is 6.98. The van der Waals surface area contributed by atoms with E-state index in [2.05, 4.69) is 9.98 Å². The van der Waals surface area contributed by atoms with Crippen LogP contribution in [0.25, 0.3) is 0 Å². The molecule has 1 saturated carbocycles. The zero-order valence-corrected chi connectivity index (χ0v) is 13.5. The Hall–Kier alpha value is -1.78. The van der Waals surface area contributed by atoms with Crippen LogP contribution in [0.3, 0.4) is 0 Å². The second kappa shape index (κ2) is 7.29. The molecule has 1 fully saturated rings. The number of aliphatic imine (C=N–C) groups is 1. The molecule has 0 bridgehead atoms. The maximum absolute atomic E-state index is 5.94. The van der Waals surface area contributed by atoms with E-state index < -0.39 is 0 Å². The van der Waals surface area contributed by atoms with Gasteiger partial charge in [-0.05, 0) is 37.3 Å². The van der Waals surface area contributed by atoms with E-state index in [1.807, 2.05) is 50.1 Å². The lowest BCUT2D eigenvalue weighted by molar-refractivity contribution is 0.201. The Kier molecular flexibility index (Phi) is 5.42. The first-order valence-corrected chi connectivity index (χ1v) is 7.57. The number of rotatable bonds is 4. The van der Waals surface area contributed by atoms with Crippen molar-refractivity contribution in [2.45, 2.75) is 38.3 Å². The van der Waals surface area contributed by atoms with Gasteiger partial charge in [-0.25, -0.2) is 9.98 Å². The van der Waals surface area contributed by atoms with Gasteiger partial charge >= 0.3 is 0 Å². The van der Waals surface area contributed by atoms with Crippen molar-refractivity contribution in [3.05, 3.63) is 23.9 Å². The van der Waals surface area contributed by atoms with E-state index >= 15 is 0 Å². The van der Waals surface area contributed by atoms with Crippen molar-refractivity contribution in [1.82, 2.24) is 14.8 Å². The summed E-state index contributed by atoms with van der Waals surface area (Å²) in [5.74, 6) is 1.68. The molecular formula is C16H26N4O. The predicted octanol–water partition coefficient (Wildman–Crippen LogP) is 2.38. The molecule has 0 atom stereocenters. The third-order valence-electron chi connectivity index (χ3n) is 3.59. The lowest BCUT2D eigenvalue weighted by atomic mass is 10.2. The van der Waals surface area contributed by atoms with Crippen LogP contribution in [0.15, 0.2) is 23.3 Å². The summed E-state index contributed by atoms with van der Waals surface area (Å²) in [5.41, 5.74) is 1.12. The molecule has 2 rings (SSSR count). The third kappa shape index (κ3) is 4.62. The Labute approximate surface area is 127 Å². The van der Waals surface area contributed by atoms with E-state index in [1.54, 1.807) is 6.20 Å². The first-order valence-electron chi connectivity index (χ1n) is 7.57. The number of hydrogen-bond acceptors (Lipinski definition) is 3. The highest BCUT2D eigenvalue weighted by Gasteiger charge is 2.17. The number of ether oxygens (including phenoxy) is 1. The molecule has 5 heteroatoms.